The molecule has 0 radical (unpaired) electrons. The van der Waals surface area contributed by atoms with E-state index in [1.54, 1.807) is 56.2 Å². The number of cyclic esters (lactones) is 1. The van der Waals surface area contributed by atoms with E-state index in [-0.39, 0.29) is 80.6 Å². The van der Waals surface area contributed by atoms with Gasteiger partial charge in [-0.25, -0.2) is 9.59 Å². The summed E-state index contributed by atoms with van der Waals surface area (Å²) < 4.78 is 34.4. The fourth-order valence-corrected chi connectivity index (χ4v) is 15.2. The van der Waals surface area contributed by atoms with Gasteiger partial charge in [0.1, 0.15) is 30.1 Å². The van der Waals surface area contributed by atoms with Crippen molar-refractivity contribution in [3.05, 3.63) is 149 Å². The van der Waals surface area contributed by atoms with Crippen LogP contribution in [0.1, 0.15) is 145 Å². The minimum atomic E-state index is -2.60. The number of para-hydroxylation sites is 1. The van der Waals surface area contributed by atoms with E-state index in [1.807, 2.05) is 138 Å². The number of pyridine rings is 2. The van der Waals surface area contributed by atoms with E-state index in [2.05, 4.69) is 12.1 Å². The molecule has 10 rings (SSSR count). The molecule has 6 aromatic rings. The van der Waals surface area contributed by atoms with Crippen LogP contribution in [0.5, 0.6) is 0 Å². The number of methoxy groups -OCH3 is 2. The number of allylic oxidation sites excluding steroid dienone is 6. The average Bonchev–Trinajstić information content (AvgIpc) is 1.61. The molecule has 3 fully saturated rings. The fraction of sp³-hybridized carbons (Fsp3) is 0.519. The Morgan fingerprint density at radius 3 is 2.31 bits per heavy atom. The van der Waals surface area contributed by atoms with Gasteiger partial charge in [-0.05, 0) is 168 Å². The average molecular weight is 1380 g/mol. The van der Waals surface area contributed by atoms with Gasteiger partial charge in [-0.3, -0.25) is 38.3 Å². The number of nitriles is 1. The summed E-state index contributed by atoms with van der Waals surface area (Å²) in [5, 5.41) is 46.7. The third-order valence-electron chi connectivity index (χ3n) is 21.6. The smallest absolute Gasteiger partial charge is 0.333 e. The van der Waals surface area contributed by atoms with E-state index >= 15 is 4.79 Å². The Balaban J connectivity index is 0.974. The third kappa shape index (κ3) is 17.0. The summed E-state index contributed by atoms with van der Waals surface area (Å²) in [4.78, 5) is 99.3. The van der Waals surface area contributed by atoms with Crippen molar-refractivity contribution < 1.29 is 63.0 Å². The van der Waals surface area contributed by atoms with E-state index in [1.165, 1.54) is 12.0 Å². The number of carbonyl (C=O) groups is 5. The third-order valence-corrected chi connectivity index (χ3v) is 21.6. The lowest BCUT2D eigenvalue weighted by molar-refractivity contribution is -0.266. The number of imidazole rings is 1. The number of nitrogens with zero attached hydrogens (tertiary/aromatic N) is 6. The van der Waals surface area contributed by atoms with Crippen LogP contribution in [-0.4, -0.2) is 150 Å². The zero-order valence-electron chi connectivity index (χ0n) is 60.3. The Kier molecular flexibility index (Phi) is 24.6. The van der Waals surface area contributed by atoms with Crippen molar-refractivity contribution in [3.8, 4) is 22.9 Å². The van der Waals surface area contributed by atoms with Crippen LogP contribution in [0.25, 0.3) is 49.7 Å². The molecule has 2 bridgehead atoms. The van der Waals surface area contributed by atoms with E-state index in [0.29, 0.717) is 79.2 Å². The zero-order valence-corrected chi connectivity index (χ0v) is 60.3. The zero-order chi connectivity index (χ0) is 72.6. The maximum atomic E-state index is 15.3. The van der Waals surface area contributed by atoms with Gasteiger partial charge in [0.2, 0.25) is 5.79 Å². The monoisotopic (exact) mass is 1380 g/mol. The lowest BCUT2D eigenvalue weighted by Crippen LogP contribution is -2.61. The maximum Gasteiger partial charge on any atom is 0.333 e. The molecule has 1 unspecified atom stereocenters. The molecule has 6 heterocycles. The molecule has 0 spiro atoms. The number of aliphatic hydroxyl groups is 3. The van der Waals surface area contributed by atoms with Crippen LogP contribution >= 0.6 is 0 Å². The molecule has 3 aromatic carbocycles. The van der Waals surface area contributed by atoms with Crippen LogP contribution < -0.4 is 5.69 Å². The summed E-state index contributed by atoms with van der Waals surface area (Å²) in [5.74, 6) is -8.90. The van der Waals surface area contributed by atoms with Crippen LogP contribution in [0.3, 0.4) is 0 Å². The van der Waals surface area contributed by atoms with Gasteiger partial charge in [0.05, 0.1) is 83.0 Å². The van der Waals surface area contributed by atoms with Gasteiger partial charge in [-0.1, -0.05) is 107 Å². The van der Waals surface area contributed by atoms with E-state index < -0.39 is 95.2 Å². The number of fused-ring (bicyclic) bond motifs is 7. The lowest BCUT2D eigenvalue weighted by atomic mass is 9.78. The molecule has 20 nitrogen and oxygen atoms in total. The highest BCUT2D eigenvalue weighted by molar-refractivity contribution is 6.39. The second-order valence-corrected chi connectivity index (χ2v) is 29.4. The number of benzene rings is 3. The molecule has 4 aliphatic rings. The van der Waals surface area contributed by atoms with Crippen molar-refractivity contribution in [1.29, 1.82) is 5.26 Å². The van der Waals surface area contributed by atoms with E-state index in [0.717, 1.165) is 38.6 Å². The molecule has 538 valence electrons. The number of rotatable bonds is 12. The van der Waals surface area contributed by atoms with Gasteiger partial charge < -0.3 is 43.9 Å². The summed E-state index contributed by atoms with van der Waals surface area (Å²) >= 11 is 0. The van der Waals surface area contributed by atoms with Crippen molar-refractivity contribution in [2.24, 2.45) is 35.5 Å². The predicted octanol–water partition coefficient (Wildman–Crippen LogP) is 11.9. The lowest BCUT2D eigenvalue weighted by Gasteiger charge is -2.43. The number of ether oxygens (including phenoxy) is 5. The number of aromatic nitrogens is 4. The molecule has 3 aromatic heterocycles. The van der Waals surface area contributed by atoms with E-state index in [4.69, 9.17) is 33.7 Å². The highest BCUT2D eigenvalue weighted by atomic mass is 16.6. The Hall–Kier alpha value is -8.13. The molecule has 3 N–H and O–H groups in total. The van der Waals surface area contributed by atoms with Gasteiger partial charge in [0.15, 0.2) is 5.78 Å². The van der Waals surface area contributed by atoms with Crippen molar-refractivity contribution in [2.75, 3.05) is 27.4 Å². The van der Waals surface area contributed by atoms with Gasteiger partial charge in [-0.2, -0.15) is 5.26 Å². The second kappa shape index (κ2) is 32.9. The topological polar surface area (TPSA) is 272 Å². The molecule has 20 heteroatoms. The van der Waals surface area contributed by atoms with E-state index in [9.17, 15) is 44.6 Å². The number of amides is 1. The molecular weight excluding hydrogens is 1280 g/mol. The summed E-state index contributed by atoms with van der Waals surface area (Å²) in [7, 11) is 2.93. The standard InChI is InChI=1S/C81H100N6O14/c1-48-19-13-12-14-20-49(2)69(99-36-35-86-66-46-84-64-32-26-56(58-41-57-21-15-16-22-63(57)83-45-58)42-62(64)72(66)87(79(86)95)60-29-27-59(28-30-60)80(8,9)47-82)43-61-31-24-54(7)81(96,101-61)76(92)77(93)85-34-18-17-23-65(85)78(94)100-70(51(4)39-55-25-33-67(88)71(40-55)97-10)44-68(89)50(3)38-53(6)74(91)75(98-11)73(90)52(5)37-48/h12-16,19-22,26-30,32,38,41-42,45-46,48,50-52,54-55,61,65,67,69-71,74-75,88,91,96H,17-18,23-25,31,33-37,39-40,43-44H2,1-11H3/b14-12+,19-13+,49-20-,53-38+/t48-,50-,51?,52-,54-,55-,61+,65+,67-,69-,70+,71-,74-,75+,81-/m1/s1. The van der Waals surface area contributed by atoms with Crippen LogP contribution in [0.4, 0.5) is 0 Å². The molecule has 101 heavy (non-hydrogen) atoms. The molecule has 1 amide bonds. The highest BCUT2D eigenvalue weighted by Gasteiger charge is 2.53. The van der Waals surface area contributed by atoms with Crippen molar-refractivity contribution in [2.45, 2.75) is 206 Å². The minimum Gasteiger partial charge on any atom is -0.460 e. The number of aliphatic hydroxyl groups excluding tert-OH is 2. The van der Waals surface area contributed by atoms with Crippen molar-refractivity contribution in [3.63, 3.8) is 0 Å². The summed E-state index contributed by atoms with van der Waals surface area (Å²) in [6, 6.07) is 24.5. The van der Waals surface area contributed by atoms with Gasteiger partial charge >= 0.3 is 11.7 Å². The molecule has 1 saturated carbocycles. The van der Waals surface area contributed by atoms with Gasteiger partial charge in [0, 0.05) is 73.9 Å². The Morgan fingerprint density at radius 2 is 1.56 bits per heavy atom. The first kappa shape index (κ1) is 75.5. The first-order valence-corrected chi connectivity index (χ1v) is 35.9. The number of hydrogen-bond acceptors (Lipinski definition) is 17. The van der Waals surface area contributed by atoms with Gasteiger partial charge in [0.25, 0.3) is 11.7 Å². The highest BCUT2D eigenvalue weighted by Crippen LogP contribution is 2.39. The van der Waals surface area contributed by atoms with Crippen LogP contribution in [-0.2, 0) is 59.6 Å². The first-order chi connectivity index (χ1) is 48.2. The molecule has 15 atom stereocenters. The molecule has 2 saturated heterocycles. The quantitative estimate of drug-likeness (QED) is 0.0583. The van der Waals surface area contributed by atoms with Crippen molar-refractivity contribution >= 4 is 62.1 Å². The summed E-state index contributed by atoms with van der Waals surface area (Å²) in [6.45, 7) is 16.3. The number of hydrogen-bond donors (Lipinski definition) is 3. The maximum absolute atomic E-state index is 15.3. The van der Waals surface area contributed by atoms with Crippen molar-refractivity contribution in [1.82, 2.24) is 24.0 Å². The Morgan fingerprint density at radius 1 is 0.812 bits per heavy atom. The minimum absolute atomic E-state index is 0.0110. The van der Waals surface area contributed by atoms with Crippen LogP contribution in [0, 0.1) is 46.8 Å². The number of carbonyl (C=O) groups excluding carboxylic acids is 5. The largest absolute Gasteiger partial charge is 0.460 e. The molecule has 1 aliphatic carbocycles. The second-order valence-electron chi connectivity index (χ2n) is 29.4. The predicted molar refractivity (Wildman–Crippen MR) is 386 cm³/mol. The Bertz CT molecular complexity index is 4240. The first-order valence-electron chi connectivity index (χ1n) is 35.9. The number of esters is 1. The van der Waals surface area contributed by atoms with Gasteiger partial charge in [-0.15, -0.1) is 0 Å². The summed E-state index contributed by atoms with van der Waals surface area (Å²) in [5.41, 5.74) is 5.72. The van der Waals surface area contributed by atoms with Crippen LogP contribution in [0.2, 0.25) is 0 Å². The summed E-state index contributed by atoms with van der Waals surface area (Å²) in [6.07, 6.45) is 12.8. The number of Topliss-reactive ketones (excluding diaryl/α,β-unsaturated/α-hetero) is 3. The normalized spacial score (nSPS) is 30.4. The number of ketones is 3. The Labute approximate surface area is 592 Å². The molecular formula is C81H100N6O14. The number of piperidine rings is 1. The molecule has 3 aliphatic heterocycles. The van der Waals surface area contributed by atoms with Crippen LogP contribution in [0.15, 0.2) is 138 Å². The fourth-order valence-electron chi connectivity index (χ4n) is 15.2. The SMILES string of the molecule is CO[C@@H]1C[C@@H](CC(C)[C@@H]2CC(=O)[C@H](C)/C=C(\C)[C@@H](O)[C@@H](OC)C(=O)[C@H](C)C[C@H](C)/C=C/C=C/C=C(/C)[C@H](OCCn3c(=O)n(-c4ccc(C(C)(C)C#N)cc4)c4c5cc(-c6cnc7ccccc7c6)ccc5ncc43)C[C@@H]3CC[C@@H](C)[C@@](O)(O3)C(=O)C(=O)N3CCCC[C@H]3C(=O)O2)CC[C@H]1O.